The summed E-state index contributed by atoms with van der Waals surface area (Å²) < 4.78 is 26.3. The molecule has 1 heterocycles. The fourth-order valence-corrected chi connectivity index (χ4v) is 2.39. The van der Waals surface area contributed by atoms with E-state index in [0.29, 0.717) is 0 Å². The van der Waals surface area contributed by atoms with Crippen molar-refractivity contribution in [3.63, 3.8) is 0 Å². The normalized spacial score (nSPS) is 13.3. The van der Waals surface area contributed by atoms with Crippen molar-refractivity contribution in [1.82, 2.24) is 9.71 Å². The standard InChI is InChI=1S/C11H16N4O2S/c1-8(2)9(13)7-15-18(16,17)11-4-3-5-14-10(11)6-12/h3-5,8-9,15H,7,13H2,1-2H3. The van der Waals surface area contributed by atoms with E-state index in [-0.39, 0.29) is 29.1 Å². The van der Waals surface area contributed by atoms with Crippen molar-refractivity contribution < 1.29 is 8.42 Å². The first kappa shape index (κ1) is 14.6. The fraction of sp³-hybridized carbons (Fsp3) is 0.455. The Balaban J connectivity index is 2.91. The number of nitrogens with one attached hydrogen (secondary N) is 1. The van der Waals surface area contributed by atoms with Gasteiger partial charge in [-0.05, 0) is 18.1 Å². The van der Waals surface area contributed by atoms with E-state index in [1.165, 1.54) is 18.3 Å². The van der Waals surface area contributed by atoms with Crippen LogP contribution in [0.5, 0.6) is 0 Å². The molecule has 0 amide bonds. The van der Waals surface area contributed by atoms with Gasteiger partial charge in [0.05, 0.1) is 0 Å². The maximum Gasteiger partial charge on any atom is 0.243 e. The van der Waals surface area contributed by atoms with Gasteiger partial charge in [0.1, 0.15) is 11.0 Å². The lowest BCUT2D eigenvalue weighted by atomic mass is 10.1. The summed E-state index contributed by atoms with van der Waals surface area (Å²) in [5.41, 5.74) is 5.64. The molecular formula is C11H16N4O2S. The van der Waals surface area contributed by atoms with Gasteiger partial charge in [-0.25, -0.2) is 18.1 Å². The molecule has 0 saturated heterocycles. The molecule has 3 N–H and O–H groups in total. The Labute approximate surface area is 107 Å². The van der Waals surface area contributed by atoms with Crippen LogP contribution in [0.3, 0.4) is 0 Å². The average Bonchev–Trinajstić information content (AvgIpc) is 2.35. The van der Waals surface area contributed by atoms with Crippen LogP contribution < -0.4 is 10.5 Å². The van der Waals surface area contributed by atoms with Crippen LogP contribution in [0.1, 0.15) is 19.5 Å². The van der Waals surface area contributed by atoms with Crippen LogP contribution >= 0.6 is 0 Å². The van der Waals surface area contributed by atoms with E-state index >= 15 is 0 Å². The maximum atomic E-state index is 12.0. The number of nitriles is 1. The Bertz CT molecular complexity index is 548. The second-order valence-corrected chi connectivity index (χ2v) is 5.96. The third-order valence-corrected chi connectivity index (χ3v) is 3.99. The van der Waals surface area contributed by atoms with E-state index in [9.17, 15) is 8.42 Å². The lowest BCUT2D eigenvalue weighted by Crippen LogP contribution is -2.40. The maximum absolute atomic E-state index is 12.0. The molecule has 0 saturated carbocycles. The van der Waals surface area contributed by atoms with Crippen molar-refractivity contribution in [3.8, 4) is 6.07 Å². The average molecular weight is 268 g/mol. The zero-order chi connectivity index (χ0) is 13.8. The van der Waals surface area contributed by atoms with Crippen molar-refractivity contribution in [3.05, 3.63) is 24.0 Å². The number of hydrogen-bond donors (Lipinski definition) is 2. The molecule has 0 bridgehead atoms. The van der Waals surface area contributed by atoms with Gasteiger partial charge in [-0.15, -0.1) is 0 Å². The number of hydrogen-bond acceptors (Lipinski definition) is 5. The molecule has 98 valence electrons. The number of rotatable bonds is 5. The Morgan fingerprint density at radius 2 is 2.22 bits per heavy atom. The summed E-state index contributed by atoms with van der Waals surface area (Å²) in [4.78, 5) is 3.59. The van der Waals surface area contributed by atoms with E-state index in [1.54, 1.807) is 6.07 Å². The first-order valence-electron chi connectivity index (χ1n) is 5.49. The highest BCUT2D eigenvalue weighted by atomic mass is 32.2. The molecule has 18 heavy (non-hydrogen) atoms. The molecule has 1 aromatic heterocycles. The van der Waals surface area contributed by atoms with Gasteiger partial charge < -0.3 is 5.73 Å². The molecule has 6 nitrogen and oxygen atoms in total. The molecule has 0 radical (unpaired) electrons. The molecule has 0 aromatic carbocycles. The molecule has 0 aliphatic rings. The summed E-state index contributed by atoms with van der Waals surface area (Å²) in [6, 6.07) is 4.29. The Hall–Kier alpha value is -1.49. The van der Waals surface area contributed by atoms with Crippen LogP contribution in [0.4, 0.5) is 0 Å². The van der Waals surface area contributed by atoms with Crippen LogP contribution in [-0.4, -0.2) is 26.0 Å². The highest BCUT2D eigenvalue weighted by Crippen LogP contribution is 2.11. The van der Waals surface area contributed by atoms with Crippen LogP contribution in [0.2, 0.25) is 0 Å². The lowest BCUT2D eigenvalue weighted by Gasteiger charge is -2.16. The molecular weight excluding hydrogens is 252 g/mol. The third kappa shape index (κ3) is 3.50. The summed E-state index contributed by atoms with van der Waals surface area (Å²) in [5.74, 6) is 0.164. The van der Waals surface area contributed by atoms with E-state index in [2.05, 4.69) is 9.71 Å². The molecule has 0 aliphatic carbocycles. The molecule has 1 rings (SSSR count). The number of aromatic nitrogens is 1. The second-order valence-electron chi connectivity index (χ2n) is 4.22. The number of pyridine rings is 1. The van der Waals surface area contributed by atoms with E-state index in [4.69, 9.17) is 11.0 Å². The summed E-state index contributed by atoms with van der Waals surface area (Å²) in [5, 5.41) is 8.82. The van der Waals surface area contributed by atoms with Gasteiger partial charge in [0.2, 0.25) is 10.0 Å². The molecule has 0 spiro atoms. The SMILES string of the molecule is CC(C)C(N)CNS(=O)(=O)c1cccnc1C#N. The van der Waals surface area contributed by atoms with E-state index < -0.39 is 10.0 Å². The Kier molecular flexibility index (Phi) is 4.78. The fourth-order valence-electron chi connectivity index (χ4n) is 1.21. The minimum Gasteiger partial charge on any atom is -0.326 e. The first-order valence-corrected chi connectivity index (χ1v) is 6.97. The minimum absolute atomic E-state index is 0.122. The number of nitrogens with zero attached hydrogens (tertiary/aromatic N) is 2. The second kappa shape index (κ2) is 5.91. The topological polar surface area (TPSA) is 109 Å². The van der Waals surface area contributed by atoms with Crippen molar-refractivity contribution in [2.75, 3.05) is 6.54 Å². The van der Waals surface area contributed by atoms with Crippen LogP contribution in [0.25, 0.3) is 0 Å². The van der Waals surface area contributed by atoms with Crippen LogP contribution in [0, 0.1) is 17.2 Å². The van der Waals surface area contributed by atoms with Crippen LogP contribution in [-0.2, 0) is 10.0 Å². The van der Waals surface area contributed by atoms with Crippen molar-refractivity contribution in [1.29, 1.82) is 5.26 Å². The van der Waals surface area contributed by atoms with Gasteiger partial charge in [-0.3, -0.25) is 0 Å². The Morgan fingerprint density at radius 1 is 1.56 bits per heavy atom. The molecule has 1 atom stereocenters. The zero-order valence-electron chi connectivity index (χ0n) is 10.3. The predicted molar refractivity (Wildman–Crippen MR) is 67.0 cm³/mol. The van der Waals surface area contributed by atoms with Gasteiger partial charge in [-0.1, -0.05) is 13.8 Å². The minimum atomic E-state index is -3.75. The first-order chi connectivity index (χ1) is 8.38. The highest BCUT2D eigenvalue weighted by molar-refractivity contribution is 7.89. The summed E-state index contributed by atoms with van der Waals surface area (Å²) >= 11 is 0. The molecule has 0 aliphatic heterocycles. The van der Waals surface area contributed by atoms with Crippen molar-refractivity contribution >= 4 is 10.0 Å². The molecule has 0 fully saturated rings. The van der Waals surface area contributed by atoms with Gasteiger partial charge in [0.15, 0.2) is 5.69 Å². The van der Waals surface area contributed by atoms with Gasteiger partial charge in [0, 0.05) is 18.8 Å². The van der Waals surface area contributed by atoms with Crippen molar-refractivity contribution in [2.45, 2.75) is 24.8 Å². The summed E-state index contributed by atoms with van der Waals surface area (Å²) in [6.07, 6.45) is 1.37. The Morgan fingerprint density at radius 3 is 2.78 bits per heavy atom. The monoisotopic (exact) mass is 268 g/mol. The highest BCUT2D eigenvalue weighted by Gasteiger charge is 2.20. The quantitative estimate of drug-likeness (QED) is 0.793. The smallest absolute Gasteiger partial charge is 0.243 e. The summed E-state index contributed by atoms with van der Waals surface area (Å²) in [6.45, 7) is 3.94. The zero-order valence-corrected chi connectivity index (χ0v) is 11.1. The number of sulfonamides is 1. The van der Waals surface area contributed by atoms with Crippen LogP contribution in [0.15, 0.2) is 23.2 Å². The third-order valence-electron chi connectivity index (χ3n) is 2.53. The number of nitrogens with two attached hydrogens (primary N) is 1. The predicted octanol–water partition coefficient (Wildman–Crippen LogP) is 0.215. The lowest BCUT2D eigenvalue weighted by molar-refractivity contribution is 0.481. The molecule has 7 heteroatoms. The largest absolute Gasteiger partial charge is 0.326 e. The van der Waals surface area contributed by atoms with Gasteiger partial charge in [-0.2, -0.15) is 5.26 Å². The van der Waals surface area contributed by atoms with E-state index in [0.717, 1.165) is 0 Å². The van der Waals surface area contributed by atoms with Gasteiger partial charge >= 0.3 is 0 Å². The van der Waals surface area contributed by atoms with Crippen molar-refractivity contribution in [2.24, 2.45) is 11.7 Å². The molecule has 1 aromatic rings. The van der Waals surface area contributed by atoms with Gasteiger partial charge in [0.25, 0.3) is 0 Å². The van der Waals surface area contributed by atoms with E-state index in [1.807, 2.05) is 13.8 Å². The summed E-state index contributed by atoms with van der Waals surface area (Å²) in [7, 11) is -3.75. The molecule has 1 unspecified atom stereocenters.